The quantitative estimate of drug-likeness (QED) is 0.113. The fraction of sp³-hybridized carbons (Fsp3) is 0. The Morgan fingerprint density at radius 2 is 0.566 bits per heavy atom. The SMILES string of the molecule is Clc1nc(-c2ccccc2)cc(-n2c3ccccc3c3ccccc32)n1.OB(O)c1ccc2oc3ccc(-n4c5ccccc5c5ccccc54)cc3c2c1.c1ccc(-c2cc(-n3c4ccccc4c4ccccc43)nc(-c3ccc4oc5ccc(-n6c7ccccc7c7ccccc76)cc5c4c3)n2)cc1. The predicted octanol–water partition coefficient (Wildman–Crippen LogP) is 22.2. The molecule has 0 aliphatic carbocycles. The highest BCUT2D eigenvalue weighted by Gasteiger charge is 2.22. The van der Waals surface area contributed by atoms with Gasteiger partial charge in [-0.05, 0) is 126 Å². The Kier molecular flexibility index (Phi) is 14.9. The minimum absolute atomic E-state index is 0.239. The molecule has 500 valence electrons. The van der Waals surface area contributed by atoms with Crippen LogP contribution in [0.25, 0.3) is 188 Å². The second-order valence-electron chi connectivity index (χ2n) is 26.4. The summed E-state index contributed by atoms with van der Waals surface area (Å²) in [5.74, 6) is 2.24. The number of halogens is 1. The number of furan rings is 2. The fourth-order valence-corrected chi connectivity index (χ4v) is 15.8. The van der Waals surface area contributed by atoms with Gasteiger partial charge in [0.2, 0.25) is 5.28 Å². The van der Waals surface area contributed by atoms with E-state index in [1.807, 2.05) is 66.7 Å². The maximum atomic E-state index is 9.56. The Balaban J connectivity index is 0.000000115. The topological polar surface area (TPSA) is 138 Å². The van der Waals surface area contributed by atoms with E-state index < -0.39 is 7.12 Å². The largest absolute Gasteiger partial charge is 0.488 e. The molecule has 8 aromatic heterocycles. The summed E-state index contributed by atoms with van der Waals surface area (Å²) in [6.07, 6.45) is 0. The number of fused-ring (bicyclic) bond motifs is 18. The van der Waals surface area contributed by atoms with E-state index in [-0.39, 0.29) is 5.28 Å². The average molecular weight is 1390 g/mol. The van der Waals surface area contributed by atoms with Crippen LogP contribution >= 0.6 is 11.6 Å². The fourth-order valence-electron chi connectivity index (χ4n) is 15.6. The number of nitrogens with zero attached hydrogens (tertiary/aromatic N) is 8. The van der Waals surface area contributed by atoms with E-state index in [0.717, 1.165) is 128 Å². The van der Waals surface area contributed by atoms with Crippen LogP contribution in [-0.4, -0.2) is 55.4 Å². The highest BCUT2D eigenvalue weighted by molar-refractivity contribution is 6.59. The van der Waals surface area contributed by atoms with Gasteiger partial charge in [-0.25, -0.2) is 15.0 Å². The van der Waals surface area contributed by atoms with Crippen molar-refractivity contribution in [1.82, 2.24) is 38.2 Å². The molecular formula is C92H58BClN8O4. The van der Waals surface area contributed by atoms with Gasteiger partial charge in [-0.2, -0.15) is 4.98 Å². The van der Waals surface area contributed by atoms with Gasteiger partial charge in [-0.3, -0.25) is 9.13 Å². The first kappa shape index (κ1) is 62.1. The zero-order chi connectivity index (χ0) is 70.5. The molecule has 22 rings (SSSR count). The molecule has 14 aromatic carbocycles. The average Bonchev–Trinajstić information content (AvgIpc) is 1.50. The normalized spacial score (nSPS) is 11.7. The molecule has 0 aliphatic heterocycles. The van der Waals surface area contributed by atoms with Gasteiger partial charge in [0, 0.05) is 105 Å². The third kappa shape index (κ3) is 10.5. The number of hydrogen-bond donors (Lipinski definition) is 2. The molecule has 22 aromatic rings. The van der Waals surface area contributed by atoms with Crippen molar-refractivity contribution >= 4 is 155 Å². The van der Waals surface area contributed by atoms with E-state index in [2.05, 4.69) is 283 Å². The molecule has 2 N–H and O–H groups in total. The van der Waals surface area contributed by atoms with Crippen molar-refractivity contribution in [3.63, 3.8) is 0 Å². The first-order chi connectivity index (χ1) is 52.3. The molecule has 0 atom stereocenters. The molecule has 0 fully saturated rings. The number of benzene rings is 14. The molecule has 0 aliphatic rings. The minimum Gasteiger partial charge on any atom is -0.456 e. The van der Waals surface area contributed by atoms with E-state index in [9.17, 15) is 10.0 Å². The van der Waals surface area contributed by atoms with Crippen LogP contribution in [0.3, 0.4) is 0 Å². The summed E-state index contributed by atoms with van der Waals surface area (Å²) in [4.78, 5) is 19.4. The van der Waals surface area contributed by atoms with E-state index in [0.29, 0.717) is 11.3 Å². The van der Waals surface area contributed by atoms with Crippen LogP contribution in [0, 0.1) is 0 Å². The molecule has 0 unspecified atom stereocenters. The van der Waals surface area contributed by atoms with E-state index >= 15 is 0 Å². The second-order valence-corrected chi connectivity index (χ2v) is 26.8. The van der Waals surface area contributed by atoms with Crippen LogP contribution in [-0.2, 0) is 0 Å². The zero-order valence-electron chi connectivity index (χ0n) is 56.6. The summed E-state index contributed by atoms with van der Waals surface area (Å²) in [6, 6.07) is 116. The van der Waals surface area contributed by atoms with Crippen LogP contribution in [0.4, 0.5) is 0 Å². The minimum atomic E-state index is -1.51. The van der Waals surface area contributed by atoms with Crippen molar-refractivity contribution < 1.29 is 18.9 Å². The first-order valence-corrected chi connectivity index (χ1v) is 35.5. The molecule has 14 heteroatoms. The zero-order valence-corrected chi connectivity index (χ0v) is 57.3. The van der Waals surface area contributed by atoms with Crippen molar-refractivity contribution in [3.05, 3.63) is 345 Å². The lowest BCUT2D eigenvalue weighted by Crippen LogP contribution is -2.29. The molecule has 8 heterocycles. The third-order valence-corrected chi connectivity index (χ3v) is 20.5. The standard InChI is InChI=1S/C46H28N4O.C24H16BNO3.C22H14ClN3/c1-2-12-29(13-3-1)38-28-45(50-41-20-10-6-16-34(41)35-17-7-11-21-42(35)50)48-46(47-38)30-22-24-43-36(26-30)37-27-31(23-25-44(37)51-43)49-39-18-8-4-14-32(39)33-15-5-9-19-40(33)49;27-25(28)15-9-11-23-19(13-15)20-14-16(10-12-24(20)29-23)26-21-7-3-1-5-17(21)18-6-2-4-8-22(18)26;23-22-24-18(15-8-2-1-3-9-15)14-21(25-22)26-19-12-6-4-10-16(19)17-11-5-7-13-20(17)26/h1-28H;1-14,27-28H;1-14H. The smallest absolute Gasteiger partial charge is 0.456 e. The number of rotatable bonds is 8. The van der Waals surface area contributed by atoms with Crippen LogP contribution < -0.4 is 5.46 Å². The Morgan fingerprint density at radius 3 is 0.953 bits per heavy atom. The summed E-state index contributed by atoms with van der Waals surface area (Å²) in [5.41, 5.74) is 19.4. The number of aromatic nitrogens is 8. The third-order valence-electron chi connectivity index (χ3n) is 20.3. The van der Waals surface area contributed by atoms with Crippen LogP contribution in [0.2, 0.25) is 5.28 Å². The lowest BCUT2D eigenvalue weighted by molar-refractivity contribution is 0.426. The molecule has 0 amide bonds. The van der Waals surface area contributed by atoms with Gasteiger partial charge in [0.25, 0.3) is 0 Å². The van der Waals surface area contributed by atoms with Gasteiger partial charge in [-0.15, -0.1) is 0 Å². The van der Waals surface area contributed by atoms with Crippen molar-refractivity contribution in [3.8, 4) is 56.9 Å². The van der Waals surface area contributed by atoms with Gasteiger partial charge in [0.05, 0.1) is 55.5 Å². The summed E-state index contributed by atoms with van der Waals surface area (Å²) >= 11 is 6.28. The van der Waals surface area contributed by atoms with E-state index in [1.165, 1.54) is 54.1 Å². The van der Waals surface area contributed by atoms with Crippen LogP contribution in [0.1, 0.15) is 0 Å². The second kappa shape index (κ2) is 25.4. The Hall–Kier alpha value is -13.7. The molecule has 0 spiro atoms. The molecule has 0 saturated heterocycles. The van der Waals surface area contributed by atoms with Crippen LogP contribution in [0.15, 0.2) is 349 Å². The lowest BCUT2D eigenvalue weighted by atomic mass is 9.80. The van der Waals surface area contributed by atoms with Gasteiger partial charge < -0.3 is 28.0 Å². The Morgan fingerprint density at radius 1 is 0.255 bits per heavy atom. The lowest BCUT2D eigenvalue weighted by Gasteiger charge is -2.12. The van der Waals surface area contributed by atoms with Crippen molar-refractivity contribution in [1.29, 1.82) is 0 Å². The van der Waals surface area contributed by atoms with Gasteiger partial charge in [-0.1, -0.05) is 218 Å². The summed E-state index contributed by atoms with van der Waals surface area (Å²) in [7, 11) is -1.51. The van der Waals surface area contributed by atoms with E-state index in [4.69, 9.17) is 30.4 Å². The summed E-state index contributed by atoms with van der Waals surface area (Å²) in [6.45, 7) is 0. The molecule has 106 heavy (non-hydrogen) atoms. The molecule has 12 nitrogen and oxygen atoms in total. The predicted molar refractivity (Wildman–Crippen MR) is 434 cm³/mol. The van der Waals surface area contributed by atoms with E-state index in [1.54, 1.807) is 18.2 Å². The monoisotopic (exact) mass is 1380 g/mol. The number of hydrogen-bond acceptors (Lipinski definition) is 8. The Labute approximate surface area is 610 Å². The molecular weight excluding hydrogens is 1330 g/mol. The Bertz CT molecular complexity index is 7020. The maximum absolute atomic E-state index is 9.56. The maximum Gasteiger partial charge on any atom is 0.488 e. The van der Waals surface area contributed by atoms with Gasteiger partial charge in [0.1, 0.15) is 34.0 Å². The summed E-state index contributed by atoms with van der Waals surface area (Å²) < 4.78 is 21.4. The van der Waals surface area contributed by atoms with Crippen molar-refractivity contribution in [2.75, 3.05) is 0 Å². The highest BCUT2D eigenvalue weighted by Crippen LogP contribution is 2.41. The highest BCUT2D eigenvalue weighted by atomic mass is 35.5. The number of para-hydroxylation sites is 8. The molecule has 0 radical (unpaired) electrons. The molecule has 0 saturated carbocycles. The van der Waals surface area contributed by atoms with Crippen LogP contribution in [0.5, 0.6) is 0 Å². The van der Waals surface area contributed by atoms with Crippen molar-refractivity contribution in [2.45, 2.75) is 0 Å². The summed E-state index contributed by atoms with van der Waals surface area (Å²) in [5, 5.41) is 32.9. The van der Waals surface area contributed by atoms with Gasteiger partial charge in [0.15, 0.2) is 5.82 Å². The van der Waals surface area contributed by atoms with Crippen molar-refractivity contribution in [2.24, 2.45) is 0 Å². The first-order valence-electron chi connectivity index (χ1n) is 35.1. The molecule has 0 bridgehead atoms. The van der Waals surface area contributed by atoms with Gasteiger partial charge >= 0.3 is 7.12 Å².